The van der Waals surface area contributed by atoms with Crippen molar-refractivity contribution in [2.45, 2.75) is 39.2 Å². The molecule has 106 valence electrons. The second-order valence-electron chi connectivity index (χ2n) is 5.60. The van der Waals surface area contributed by atoms with E-state index in [1.807, 2.05) is 0 Å². The third kappa shape index (κ3) is 5.35. The molecule has 0 aromatic heterocycles. The van der Waals surface area contributed by atoms with Crippen LogP contribution < -0.4 is 11.1 Å². The summed E-state index contributed by atoms with van der Waals surface area (Å²) < 4.78 is 22.6. The van der Waals surface area contributed by atoms with Gasteiger partial charge < -0.3 is 11.1 Å². The number of hydrogen-bond donors (Lipinski definition) is 2. The van der Waals surface area contributed by atoms with Crippen molar-refractivity contribution in [1.82, 2.24) is 5.32 Å². The van der Waals surface area contributed by atoms with Crippen molar-refractivity contribution in [3.8, 4) is 0 Å². The zero-order valence-electron chi connectivity index (χ0n) is 11.2. The molecule has 0 aliphatic carbocycles. The minimum Gasteiger partial charge on any atom is -0.352 e. The van der Waals surface area contributed by atoms with Gasteiger partial charge in [-0.05, 0) is 31.2 Å². The van der Waals surface area contributed by atoms with Crippen LogP contribution in [-0.2, 0) is 14.6 Å². The standard InChI is InChI=1S/C12H24N2O3S/c1-9(2)5-10(7-13)6-12(15)14-11-3-4-18(16,17)8-11/h9-11H,3-8,13H2,1-2H3,(H,14,15). The second kappa shape index (κ2) is 6.52. The maximum Gasteiger partial charge on any atom is 0.220 e. The second-order valence-corrected chi connectivity index (χ2v) is 7.83. The summed E-state index contributed by atoms with van der Waals surface area (Å²) in [5.41, 5.74) is 5.64. The number of sulfone groups is 1. The van der Waals surface area contributed by atoms with Crippen molar-refractivity contribution in [3.63, 3.8) is 0 Å². The molecule has 1 rings (SSSR count). The van der Waals surface area contributed by atoms with Crippen LogP contribution in [0, 0.1) is 11.8 Å². The van der Waals surface area contributed by atoms with Gasteiger partial charge in [-0.2, -0.15) is 0 Å². The quantitative estimate of drug-likeness (QED) is 0.730. The monoisotopic (exact) mass is 276 g/mol. The van der Waals surface area contributed by atoms with Crippen LogP contribution in [0.1, 0.15) is 33.1 Å². The predicted molar refractivity (Wildman–Crippen MR) is 71.8 cm³/mol. The van der Waals surface area contributed by atoms with Gasteiger partial charge >= 0.3 is 0 Å². The molecule has 1 saturated heterocycles. The predicted octanol–water partition coefficient (Wildman–Crippen LogP) is 0.301. The Morgan fingerprint density at radius 2 is 2.11 bits per heavy atom. The Morgan fingerprint density at radius 1 is 1.44 bits per heavy atom. The number of hydrogen-bond acceptors (Lipinski definition) is 4. The topological polar surface area (TPSA) is 89.3 Å². The molecule has 1 aliphatic heterocycles. The summed E-state index contributed by atoms with van der Waals surface area (Å²) in [6, 6.07) is -0.208. The van der Waals surface area contributed by atoms with Crippen molar-refractivity contribution in [1.29, 1.82) is 0 Å². The van der Waals surface area contributed by atoms with Crippen LogP contribution in [0.3, 0.4) is 0 Å². The van der Waals surface area contributed by atoms with Crippen LogP contribution in [0.25, 0.3) is 0 Å². The Labute approximate surface area is 109 Å². The Balaban J connectivity index is 2.37. The summed E-state index contributed by atoms with van der Waals surface area (Å²) in [5, 5.41) is 2.80. The smallest absolute Gasteiger partial charge is 0.220 e. The van der Waals surface area contributed by atoms with Gasteiger partial charge in [-0.25, -0.2) is 8.42 Å². The summed E-state index contributed by atoms with van der Waals surface area (Å²) in [7, 11) is -2.93. The Bertz CT molecular complexity index is 379. The normalized spacial score (nSPS) is 24.1. The number of amides is 1. The van der Waals surface area contributed by atoms with E-state index in [1.165, 1.54) is 0 Å². The molecule has 1 heterocycles. The summed E-state index contributed by atoms with van der Waals surface area (Å²) >= 11 is 0. The molecular weight excluding hydrogens is 252 g/mol. The van der Waals surface area contributed by atoms with E-state index in [2.05, 4.69) is 19.2 Å². The molecule has 6 heteroatoms. The molecule has 2 atom stereocenters. The lowest BCUT2D eigenvalue weighted by Crippen LogP contribution is -2.37. The van der Waals surface area contributed by atoms with E-state index in [0.717, 1.165) is 6.42 Å². The van der Waals surface area contributed by atoms with Gasteiger partial charge in [0.1, 0.15) is 0 Å². The largest absolute Gasteiger partial charge is 0.352 e. The van der Waals surface area contributed by atoms with Crippen LogP contribution in [0.5, 0.6) is 0 Å². The highest BCUT2D eigenvalue weighted by molar-refractivity contribution is 7.91. The van der Waals surface area contributed by atoms with Gasteiger partial charge in [-0.15, -0.1) is 0 Å². The third-order valence-corrected chi connectivity index (χ3v) is 4.98. The van der Waals surface area contributed by atoms with Crippen LogP contribution in [0.2, 0.25) is 0 Å². The van der Waals surface area contributed by atoms with Gasteiger partial charge in [0, 0.05) is 12.5 Å². The first-order valence-electron chi connectivity index (χ1n) is 6.52. The first-order chi connectivity index (χ1) is 8.32. The van der Waals surface area contributed by atoms with E-state index in [0.29, 0.717) is 25.3 Å². The molecule has 0 aromatic carbocycles. The summed E-state index contributed by atoms with van der Waals surface area (Å²) in [6.45, 7) is 4.70. The molecule has 1 amide bonds. The molecule has 2 unspecified atom stereocenters. The average Bonchev–Trinajstić information content (AvgIpc) is 2.56. The van der Waals surface area contributed by atoms with Crippen molar-refractivity contribution < 1.29 is 13.2 Å². The van der Waals surface area contributed by atoms with Gasteiger partial charge in [0.15, 0.2) is 9.84 Å². The summed E-state index contributed by atoms with van der Waals surface area (Å²) in [6.07, 6.45) is 1.85. The molecule has 1 aliphatic rings. The van der Waals surface area contributed by atoms with E-state index in [-0.39, 0.29) is 29.4 Å². The molecule has 5 nitrogen and oxygen atoms in total. The van der Waals surface area contributed by atoms with Gasteiger partial charge in [-0.1, -0.05) is 13.8 Å². The fourth-order valence-electron chi connectivity index (χ4n) is 2.39. The first kappa shape index (κ1) is 15.4. The minimum atomic E-state index is -2.93. The molecule has 0 radical (unpaired) electrons. The lowest BCUT2D eigenvalue weighted by atomic mass is 9.94. The zero-order chi connectivity index (χ0) is 13.8. The Morgan fingerprint density at radius 3 is 2.56 bits per heavy atom. The van der Waals surface area contributed by atoms with Crippen molar-refractivity contribution in [3.05, 3.63) is 0 Å². The molecule has 0 bridgehead atoms. The molecule has 1 fully saturated rings. The highest BCUT2D eigenvalue weighted by Crippen LogP contribution is 2.15. The summed E-state index contributed by atoms with van der Waals surface area (Å²) in [4.78, 5) is 11.8. The van der Waals surface area contributed by atoms with E-state index in [1.54, 1.807) is 0 Å². The molecule has 0 spiro atoms. The van der Waals surface area contributed by atoms with E-state index in [4.69, 9.17) is 5.73 Å². The average molecular weight is 276 g/mol. The van der Waals surface area contributed by atoms with Crippen molar-refractivity contribution in [2.24, 2.45) is 17.6 Å². The van der Waals surface area contributed by atoms with Crippen LogP contribution in [0.4, 0.5) is 0 Å². The third-order valence-electron chi connectivity index (χ3n) is 3.21. The summed E-state index contributed by atoms with van der Waals surface area (Å²) in [5.74, 6) is 0.884. The SMILES string of the molecule is CC(C)CC(CN)CC(=O)NC1CCS(=O)(=O)C1. The molecule has 3 N–H and O–H groups in total. The van der Waals surface area contributed by atoms with Gasteiger partial charge in [0.25, 0.3) is 0 Å². The molecule has 18 heavy (non-hydrogen) atoms. The highest BCUT2D eigenvalue weighted by atomic mass is 32.2. The number of nitrogens with one attached hydrogen (secondary N) is 1. The van der Waals surface area contributed by atoms with Crippen LogP contribution >= 0.6 is 0 Å². The highest BCUT2D eigenvalue weighted by Gasteiger charge is 2.29. The number of rotatable bonds is 6. The lowest BCUT2D eigenvalue weighted by Gasteiger charge is -2.18. The Hall–Kier alpha value is -0.620. The molecule has 0 aromatic rings. The minimum absolute atomic E-state index is 0.0757. The van der Waals surface area contributed by atoms with Crippen molar-refractivity contribution >= 4 is 15.7 Å². The fraction of sp³-hybridized carbons (Fsp3) is 0.917. The maximum atomic E-state index is 11.8. The lowest BCUT2D eigenvalue weighted by molar-refractivity contribution is -0.122. The maximum absolute atomic E-state index is 11.8. The number of carbonyl (C=O) groups excluding carboxylic acids is 1. The van der Waals surface area contributed by atoms with Crippen LogP contribution in [0.15, 0.2) is 0 Å². The van der Waals surface area contributed by atoms with Crippen LogP contribution in [-0.4, -0.2) is 38.4 Å². The first-order valence-corrected chi connectivity index (χ1v) is 8.34. The van der Waals surface area contributed by atoms with Crippen molar-refractivity contribution in [2.75, 3.05) is 18.1 Å². The zero-order valence-corrected chi connectivity index (χ0v) is 12.0. The Kier molecular flexibility index (Phi) is 5.59. The number of nitrogens with two attached hydrogens (primary N) is 1. The van der Waals surface area contributed by atoms with E-state index in [9.17, 15) is 13.2 Å². The van der Waals surface area contributed by atoms with Gasteiger partial charge in [0.2, 0.25) is 5.91 Å². The van der Waals surface area contributed by atoms with E-state index >= 15 is 0 Å². The molecule has 0 saturated carbocycles. The molecular formula is C12H24N2O3S. The fourth-order valence-corrected chi connectivity index (χ4v) is 4.06. The van der Waals surface area contributed by atoms with Gasteiger partial charge in [0.05, 0.1) is 11.5 Å². The van der Waals surface area contributed by atoms with Gasteiger partial charge in [-0.3, -0.25) is 4.79 Å². The van der Waals surface area contributed by atoms with E-state index < -0.39 is 9.84 Å². The number of carbonyl (C=O) groups is 1.